The molecule has 1 aromatic rings. The van der Waals surface area contributed by atoms with E-state index in [2.05, 4.69) is 5.32 Å². The molecule has 1 saturated carbocycles. The van der Waals surface area contributed by atoms with Crippen molar-refractivity contribution in [2.45, 2.75) is 38.6 Å². The largest absolute Gasteiger partial charge is 0.478 e. The number of hydrogen-bond acceptors (Lipinski definition) is 2. The molecule has 0 atom stereocenters. The van der Waals surface area contributed by atoms with E-state index in [4.69, 9.17) is 0 Å². The van der Waals surface area contributed by atoms with Crippen molar-refractivity contribution in [3.05, 3.63) is 29.3 Å². The van der Waals surface area contributed by atoms with E-state index in [0.29, 0.717) is 5.69 Å². The lowest BCUT2D eigenvalue weighted by Gasteiger charge is -2.25. The van der Waals surface area contributed by atoms with Gasteiger partial charge in [0.15, 0.2) is 0 Å². The number of aryl methyl sites for hydroxylation is 1. The lowest BCUT2D eigenvalue weighted by atomic mass is 10.1. The van der Waals surface area contributed by atoms with Crippen molar-refractivity contribution in [2.24, 2.45) is 0 Å². The average molecular weight is 276 g/mol. The van der Waals surface area contributed by atoms with Crippen LogP contribution in [-0.4, -0.2) is 35.1 Å². The summed E-state index contributed by atoms with van der Waals surface area (Å²) in [6.45, 7) is 1.79. The number of carboxylic acid groups (broad SMARTS) is 1. The number of nitrogens with zero attached hydrogens (tertiary/aromatic N) is 1. The number of amides is 2. The predicted molar refractivity (Wildman–Crippen MR) is 77.2 cm³/mol. The smallest absolute Gasteiger partial charge is 0.337 e. The number of rotatable bonds is 3. The lowest BCUT2D eigenvalue weighted by molar-refractivity contribution is 0.0698. The molecule has 0 unspecified atom stereocenters. The van der Waals surface area contributed by atoms with Crippen LogP contribution in [0.25, 0.3) is 0 Å². The Balaban J connectivity index is 2.16. The Bertz CT molecular complexity index is 522. The molecule has 0 heterocycles. The first-order valence-corrected chi connectivity index (χ1v) is 6.87. The summed E-state index contributed by atoms with van der Waals surface area (Å²) in [5.41, 5.74) is 1.26. The van der Waals surface area contributed by atoms with Crippen molar-refractivity contribution in [3.8, 4) is 0 Å². The van der Waals surface area contributed by atoms with Gasteiger partial charge in [-0.25, -0.2) is 9.59 Å². The number of carbonyl (C=O) groups is 2. The van der Waals surface area contributed by atoms with Crippen LogP contribution in [0.4, 0.5) is 10.5 Å². The summed E-state index contributed by atoms with van der Waals surface area (Å²) in [7, 11) is 1.77. The van der Waals surface area contributed by atoms with Crippen LogP contribution in [0, 0.1) is 6.92 Å². The number of hydrogen-bond donors (Lipinski definition) is 2. The maximum atomic E-state index is 12.2. The standard InChI is InChI=1S/C15H20N2O3/c1-10-6-5-9-12(14(18)19)13(10)16-15(20)17(2)11-7-3-4-8-11/h5-6,9,11H,3-4,7-8H2,1-2H3,(H,16,20)(H,18,19). The van der Waals surface area contributed by atoms with Crippen LogP contribution in [0.1, 0.15) is 41.6 Å². The first kappa shape index (κ1) is 14.4. The van der Waals surface area contributed by atoms with Gasteiger partial charge in [0.2, 0.25) is 0 Å². The Hall–Kier alpha value is -2.04. The average Bonchev–Trinajstić information content (AvgIpc) is 2.93. The number of benzene rings is 1. The molecule has 0 saturated heterocycles. The van der Waals surface area contributed by atoms with E-state index >= 15 is 0 Å². The van der Waals surface area contributed by atoms with E-state index < -0.39 is 5.97 Å². The summed E-state index contributed by atoms with van der Waals surface area (Å²) < 4.78 is 0. The third-order valence-electron chi connectivity index (χ3n) is 3.93. The highest BCUT2D eigenvalue weighted by molar-refractivity contribution is 6.01. The van der Waals surface area contributed by atoms with Gasteiger partial charge < -0.3 is 15.3 Å². The minimum Gasteiger partial charge on any atom is -0.478 e. The fourth-order valence-electron chi connectivity index (χ4n) is 2.66. The normalized spacial score (nSPS) is 15.1. The van der Waals surface area contributed by atoms with Gasteiger partial charge in [-0.15, -0.1) is 0 Å². The highest BCUT2D eigenvalue weighted by atomic mass is 16.4. The fraction of sp³-hybridized carbons (Fsp3) is 0.467. The molecule has 0 spiro atoms. The van der Waals surface area contributed by atoms with E-state index in [9.17, 15) is 14.7 Å². The molecule has 0 radical (unpaired) electrons. The quantitative estimate of drug-likeness (QED) is 0.891. The van der Waals surface area contributed by atoms with Crippen molar-refractivity contribution in [1.29, 1.82) is 0 Å². The summed E-state index contributed by atoms with van der Waals surface area (Å²) in [6.07, 6.45) is 4.33. The van der Waals surface area contributed by atoms with Crippen LogP contribution in [0.3, 0.4) is 0 Å². The molecule has 108 valence electrons. The van der Waals surface area contributed by atoms with E-state index in [1.54, 1.807) is 31.0 Å². The first-order valence-electron chi connectivity index (χ1n) is 6.87. The second-order valence-corrected chi connectivity index (χ2v) is 5.28. The summed E-state index contributed by atoms with van der Waals surface area (Å²) in [5.74, 6) is -1.03. The molecule has 0 aromatic heterocycles. The third-order valence-corrected chi connectivity index (χ3v) is 3.93. The van der Waals surface area contributed by atoms with E-state index in [1.165, 1.54) is 6.07 Å². The molecule has 1 aliphatic rings. The minimum absolute atomic E-state index is 0.123. The predicted octanol–water partition coefficient (Wildman–Crippen LogP) is 3.10. The topological polar surface area (TPSA) is 69.6 Å². The van der Waals surface area contributed by atoms with Gasteiger partial charge in [0.05, 0.1) is 11.3 Å². The van der Waals surface area contributed by atoms with Crippen molar-refractivity contribution in [2.75, 3.05) is 12.4 Å². The van der Waals surface area contributed by atoms with Crippen LogP contribution >= 0.6 is 0 Å². The molecule has 1 aliphatic carbocycles. The minimum atomic E-state index is -1.03. The Morgan fingerprint density at radius 2 is 1.95 bits per heavy atom. The summed E-state index contributed by atoms with van der Waals surface area (Å²) >= 11 is 0. The monoisotopic (exact) mass is 276 g/mol. The van der Waals surface area contributed by atoms with Crippen molar-refractivity contribution in [3.63, 3.8) is 0 Å². The molecule has 2 N–H and O–H groups in total. The number of aromatic carboxylic acids is 1. The van der Waals surface area contributed by atoms with Crippen molar-refractivity contribution in [1.82, 2.24) is 4.90 Å². The van der Waals surface area contributed by atoms with Gasteiger partial charge in [-0.1, -0.05) is 25.0 Å². The number of carboxylic acids is 1. The van der Waals surface area contributed by atoms with E-state index in [0.717, 1.165) is 31.2 Å². The fourth-order valence-corrected chi connectivity index (χ4v) is 2.66. The van der Waals surface area contributed by atoms with Gasteiger partial charge in [-0.3, -0.25) is 0 Å². The summed E-state index contributed by atoms with van der Waals surface area (Å²) in [4.78, 5) is 25.2. The molecule has 1 aromatic carbocycles. The highest BCUT2D eigenvalue weighted by Crippen LogP contribution is 2.25. The molecule has 5 heteroatoms. The van der Waals surface area contributed by atoms with Crippen LogP contribution in [-0.2, 0) is 0 Å². The SMILES string of the molecule is Cc1cccc(C(=O)O)c1NC(=O)N(C)C1CCCC1. The second-order valence-electron chi connectivity index (χ2n) is 5.28. The Morgan fingerprint density at radius 3 is 2.55 bits per heavy atom. The van der Waals surface area contributed by atoms with Crippen LogP contribution < -0.4 is 5.32 Å². The van der Waals surface area contributed by atoms with E-state index in [1.807, 2.05) is 0 Å². The third kappa shape index (κ3) is 2.92. The lowest BCUT2D eigenvalue weighted by Crippen LogP contribution is -2.38. The molecule has 0 bridgehead atoms. The molecular weight excluding hydrogens is 256 g/mol. The molecule has 0 aliphatic heterocycles. The molecule has 2 rings (SSSR count). The highest BCUT2D eigenvalue weighted by Gasteiger charge is 2.24. The summed E-state index contributed by atoms with van der Waals surface area (Å²) in [5, 5.41) is 11.9. The van der Waals surface area contributed by atoms with Gasteiger partial charge >= 0.3 is 12.0 Å². The molecule has 20 heavy (non-hydrogen) atoms. The maximum Gasteiger partial charge on any atom is 0.337 e. The second kappa shape index (κ2) is 5.94. The Morgan fingerprint density at radius 1 is 1.30 bits per heavy atom. The van der Waals surface area contributed by atoms with Crippen LogP contribution in [0.15, 0.2) is 18.2 Å². The number of nitrogens with one attached hydrogen (secondary N) is 1. The van der Waals surface area contributed by atoms with Crippen LogP contribution in [0.2, 0.25) is 0 Å². The molecular formula is C15H20N2O3. The first-order chi connectivity index (χ1) is 9.50. The van der Waals surface area contributed by atoms with Crippen molar-refractivity contribution < 1.29 is 14.7 Å². The zero-order chi connectivity index (χ0) is 14.7. The summed E-state index contributed by atoms with van der Waals surface area (Å²) in [6, 6.07) is 4.98. The zero-order valence-corrected chi connectivity index (χ0v) is 11.8. The van der Waals surface area contributed by atoms with Gasteiger partial charge in [0, 0.05) is 13.1 Å². The Labute approximate surface area is 118 Å². The molecule has 5 nitrogen and oxygen atoms in total. The van der Waals surface area contributed by atoms with Gasteiger partial charge in [-0.05, 0) is 31.4 Å². The maximum absolute atomic E-state index is 12.2. The molecule has 2 amide bonds. The van der Waals surface area contributed by atoms with Gasteiger partial charge in [-0.2, -0.15) is 0 Å². The Kier molecular flexibility index (Phi) is 4.27. The van der Waals surface area contributed by atoms with Crippen molar-refractivity contribution >= 4 is 17.7 Å². The molecule has 1 fully saturated rings. The van der Waals surface area contributed by atoms with Gasteiger partial charge in [0.1, 0.15) is 0 Å². The van der Waals surface area contributed by atoms with E-state index in [-0.39, 0.29) is 17.6 Å². The number of urea groups is 1. The van der Waals surface area contributed by atoms with Gasteiger partial charge in [0.25, 0.3) is 0 Å². The zero-order valence-electron chi connectivity index (χ0n) is 11.8. The number of para-hydroxylation sites is 1. The number of anilines is 1. The number of carbonyl (C=O) groups excluding carboxylic acids is 1. The van der Waals surface area contributed by atoms with Crippen LogP contribution in [0.5, 0.6) is 0 Å².